The molecule has 7 heteroatoms. The van der Waals surface area contributed by atoms with E-state index in [0.29, 0.717) is 26.2 Å². The number of aliphatic imine (C=N–C) groups is 1. The minimum absolute atomic E-state index is 0.175. The second-order valence-corrected chi connectivity index (χ2v) is 7.41. The maximum absolute atomic E-state index is 12.0. The lowest BCUT2D eigenvalue weighted by molar-refractivity contribution is 0.00701. The zero-order valence-corrected chi connectivity index (χ0v) is 16.3. The maximum Gasteiger partial charge on any atom is 0.410 e. The molecule has 2 rings (SSSR count). The number of hydrogen-bond acceptors (Lipinski definition) is 4. The molecule has 26 heavy (non-hydrogen) atoms. The monoisotopic (exact) mass is 362 g/mol. The van der Waals surface area contributed by atoms with E-state index < -0.39 is 5.60 Å². The average Bonchev–Trinajstić information content (AvgIpc) is 2.52. The fourth-order valence-corrected chi connectivity index (χ4v) is 2.62. The first-order chi connectivity index (χ1) is 12.3. The number of rotatable bonds is 5. The predicted molar refractivity (Wildman–Crippen MR) is 102 cm³/mol. The van der Waals surface area contributed by atoms with Gasteiger partial charge in [-0.05, 0) is 31.9 Å². The minimum atomic E-state index is -0.468. The van der Waals surface area contributed by atoms with Gasteiger partial charge in [0.25, 0.3) is 0 Å². The van der Waals surface area contributed by atoms with Crippen molar-refractivity contribution in [1.82, 2.24) is 15.5 Å². The van der Waals surface area contributed by atoms with Crippen LogP contribution in [-0.2, 0) is 22.6 Å². The van der Waals surface area contributed by atoms with Crippen LogP contribution in [0, 0.1) is 0 Å². The lowest BCUT2D eigenvalue weighted by atomic mass is 10.1. The molecule has 0 unspecified atom stereocenters. The molecule has 1 aliphatic heterocycles. The van der Waals surface area contributed by atoms with Crippen molar-refractivity contribution in [2.45, 2.75) is 45.6 Å². The van der Waals surface area contributed by atoms with Crippen LogP contribution in [0.25, 0.3) is 0 Å². The highest BCUT2D eigenvalue weighted by atomic mass is 16.6. The Labute approximate surface area is 155 Å². The molecule has 144 valence electrons. The van der Waals surface area contributed by atoms with Gasteiger partial charge in [0.05, 0.1) is 12.6 Å². The molecule has 0 spiro atoms. The Morgan fingerprint density at radius 1 is 1.31 bits per heavy atom. The van der Waals surface area contributed by atoms with Crippen molar-refractivity contribution in [2.75, 3.05) is 27.2 Å². The summed E-state index contributed by atoms with van der Waals surface area (Å²) in [6.07, 6.45) is -0.270. The first-order valence-electron chi connectivity index (χ1n) is 8.82. The molecule has 1 heterocycles. The molecule has 1 saturated heterocycles. The van der Waals surface area contributed by atoms with E-state index in [1.165, 1.54) is 0 Å². The first-order valence-corrected chi connectivity index (χ1v) is 8.82. The quantitative estimate of drug-likeness (QED) is 0.620. The van der Waals surface area contributed by atoms with E-state index in [0.717, 1.165) is 17.1 Å². The minimum Gasteiger partial charge on any atom is -0.444 e. The molecule has 7 nitrogen and oxygen atoms in total. The maximum atomic E-state index is 12.0. The Morgan fingerprint density at radius 3 is 2.62 bits per heavy atom. The highest BCUT2D eigenvalue weighted by Gasteiger charge is 2.34. The normalized spacial score (nSPS) is 15.4. The van der Waals surface area contributed by atoms with Crippen LogP contribution in [0.5, 0.6) is 0 Å². The van der Waals surface area contributed by atoms with Gasteiger partial charge in [0.1, 0.15) is 5.60 Å². The Morgan fingerprint density at radius 2 is 2.00 bits per heavy atom. The number of methoxy groups -OCH3 is 1. The third kappa shape index (κ3) is 6.22. The van der Waals surface area contributed by atoms with Gasteiger partial charge in [0.15, 0.2) is 5.96 Å². The standard InChI is InChI=1S/C19H30N4O3/c1-19(2,3)26-18(24)23-11-16(12-23)22-17(20-4)21-10-14-7-6-8-15(9-14)13-25-5/h6-9,16H,10-13H2,1-5H3,(H2,20,21,22). The van der Waals surface area contributed by atoms with E-state index in [1.54, 1.807) is 19.1 Å². The number of carbonyl (C=O) groups is 1. The van der Waals surface area contributed by atoms with Gasteiger partial charge in [-0.15, -0.1) is 0 Å². The molecule has 2 N–H and O–H groups in total. The van der Waals surface area contributed by atoms with Crippen molar-refractivity contribution in [3.63, 3.8) is 0 Å². The number of nitrogens with zero attached hydrogens (tertiary/aromatic N) is 2. The van der Waals surface area contributed by atoms with Crippen LogP contribution in [0.2, 0.25) is 0 Å². The topological polar surface area (TPSA) is 75.2 Å². The molecule has 1 aromatic carbocycles. The van der Waals surface area contributed by atoms with E-state index >= 15 is 0 Å². The van der Waals surface area contributed by atoms with Crippen LogP contribution in [0.15, 0.2) is 29.3 Å². The van der Waals surface area contributed by atoms with Crippen molar-refractivity contribution in [3.05, 3.63) is 35.4 Å². The molecule has 0 saturated carbocycles. The van der Waals surface area contributed by atoms with Crippen molar-refractivity contribution in [3.8, 4) is 0 Å². The Hall–Kier alpha value is -2.28. The number of benzene rings is 1. The smallest absolute Gasteiger partial charge is 0.410 e. The number of ether oxygens (including phenoxy) is 2. The zero-order valence-electron chi connectivity index (χ0n) is 16.3. The summed E-state index contributed by atoms with van der Waals surface area (Å²) in [6.45, 7) is 8.09. The van der Waals surface area contributed by atoms with Crippen molar-refractivity contribution < 1.29 is 14.3 Å². The van der Waals surface area contributed by atoms with Gasteiger partial charge in [-0.3, -0.25) is 4.99 Å². The summed E-state index contributed by atoms with van der Waals surface area (Å²) in [5, 5.41) is 6.63. The highest BCUT2D eigenvalue weighted by Crippen LogP contribution is 2.15. The number of guanidine groups is 1. The van der Waals surface area contributed by atoms with Gasteiger partial charge in [-0.25, -0.2) is 4.79 Å². The number of likely N-dealkylation sites (tertiary alicyclic amines) is 1. The van der Waals surface area contributed by atoms with Crippen molar-refractivity contribution >= 4 is 12.1 Å². The molecule has 1 fully saturated rings. The number of amides is 1. The Kier molecular flexibility index (Phi) is 6.85. The van der Waals surface area contributed by atoms with Crippen molar-refractivity contribution in [1.29, 1.82) is 0 Å². The number of hydrogen-bond donors (Lipinski definition) is 2. The number of nitrogens with one attached hydrogen (secondary N) is 2. The Balaban J connectivity index is 1.76. The lowest BCUT2D eigenvalue weighted by Crippen LogP contribution is -2.63. The molecule has 0 aromatic heterocycles. The summed E-state index contributed by atoms with van der Waals surface area (Å²) >= 11 is 0. The van der Waals surface area contributed by atoms with Gasteiger partial charge < -0.3 is 25.0 Å². The predicted octanol–water partition coefficient (Wildman–Crippen LogP) is 2.12. The van der Waals surface area contributed by atoms with E-state index in [4.69, 9.17) is 9.47 Å². The van der Waals surface area contributed by atoms with Crippen LogP contribution in [0.1, 0.15) is 31.9 Å². The SMILES string of the molecule is CN=C(NCc1cccc(COC)c1)NC1CN(C(=O)OC(C)(C)C)C1. The van der Waals surface area contributed by atoms with Crippen LogP contribution in [0.4, 0.5) is 4.79 Å². The fourth-order valence-electron chi connectivity index (χ4n) is 2.62. The van der Waals surface area contributed by atoms with Crippen LogP contribution in [-0.4, -0.2) is 55.8 Å². The summed E-state index contributed by atoms with van der Waals surface area (Å²) < 4.78 is 10.5. The molecular formula is C19H30N4O3. The van der Waals surface area contributed by atoms with E-state index in [2.05, 4.69) is 27.8 Å². The summed E-state index contributed by atoms with van der Waals surface area (Å²) in [4.78, 5) is 17.9. The van der Waals surface area contributed by atoms with E-state index in [-0.39, 0.29) is 12.1 Å². The molecule has 0 radical (unpaired) electrons. The van der Waals surface area contributed by atoms with Crippen LogP contribution in [0.3, 0.4) is 0 Å². The third-order valence-electron chi connectivity index (χ3n) is 3.86. The van der Waals surface area contributed by atoms with Crippen molar-refractivity contribution in [2.24, 2.45) is 4.99 Å². The second-order valence-electron chi connectivity index (χ2n) is 7.41. The molecular weight excluding hydrogens is 332 g/mol. The molecule has 1 aromatic rings. The van der Waals surface area contributed by atoms with Crippen LogP contribution >= 0.6 is 0 Å². The van der Waals surface area contributed by atoms with E-state index in [9.17, 15) is 4.79 Å². The highest BCUT2D eigenvalue weighted by molar-refractivity contribution is 5.80. The van der Waals surface area contributed by atoms with E-state index in [1.807, 2.05) is 32.9 Å². The third-order valence-corrected chi connectivity index (χ3v) is 3.86. The molecule has 0 atom stereocenters. The van der Waals surface area contributed by atoms with Gasteiger partial charge in [-0.1, -0.05) is 24.3 Å². The summed E-state index contributed by atoms with van der Waals surface area (Å²) in [7, 11) is 3.43. The molecule has 1 amide bonds. The summed E-state index contributed by atoms with van der Waals surface area (Å²) in [5.41, 5.74) is 1.83. The van der Waals surface area contributed by atoms with Gasteiger partial charge in [0, 0.05) is 33.8 Å². The molecule has 0 bridgehead atoms. The van der Waals surface area contributed by atoms with Gasteiger partial charge >= 0.3 is 6.09 Å². The summed E-state index contributed by atoms with van der Waals surface area (Å²) in [6, 6.07) is 8.41. The molecule has 1 aliphatic rings. The lowest BCUT2D eigenvalue weighted by Gasteiger charge is -2.40. The largest absolute Gasteiger partial charge is 0.444 e. The van der Waals surface area contributed by atoms with Gasteiger partial charge in [-0.2, -0.15) is 0 Å². The van der Waals surface area contributed by atoms with Gasteiger partial charge in [0.2, 0.25) is 0 Å². The number of carbonyl (C=O) groups excluding carboxylic acids is 1. The second kappa shape index (κ2) is 8.89. The Bertz CT molecular complexity index is 634. The molecule has 0 aliphatic carbocycles. The van der Waals surface area contributed by atoms with Crippen LogP contribution < -0.4 is 10.6 Å². The zero-order chi connectivity index (χ0) is 19.2. The average molecular weight is 362 g/mol. The fraction of sp³-hybridized carbons (Fsp3) is 0.579. The summed E-state index contributed by atoms with van der Waals surface area (Å²) in [5.74, 6) is 0.719. The first kappa shape index (κ1) is 20.0.